The van der Waals surface area contributed by atoms with E-state index in [9.17, 15) is 8.42 Å². The highest BCUT2D eigenvalue weighted by Gasteiger charge is 2.19. The van der Waals surface area contributed by atoms with Crippen molar-refractivity contribution in [1.82, 2.24) is 0 Å². The van der Waals surface area contributed by atoms with Crippen molar-refractivity contribution in [3.05, 3.63) is 29.8 Å². The van der Waals surface area contributed by atoms with Gasteiger partial charge in [-0.25, -0.2) is 13.6 Å². The number of hydrogen-bond acceptors (Lipinski definition) is 4. The van der Waals surface area contributed by atoms with Gasteiger partial charge in [-0.1, -0.05) is 26.0 Å². The van der Waals surface area contributed by atoms with E-state index in [1.54, 1.807) is 7.11 Å². The molecule has 0 radical (unpaired) electrons. The van der Waals surface area contributed by atoms with Crippen LogP contribution in [0.15, 0.2) is 24.3 Å². The second-order valence-electron chi connectivity index (χ2n) is 5.20. The highest BCUT2D eigenvalue weighted by molar-refractivity contribution is 7.89. The first-order valence-electron chi connectivity index (χ1n) is 6.53. The normalized spacial score (nSPS) is 13.4. The number of rotatable bonds is 8. The monoisotopic (exact) mass is 301 g/mol. The van der Waals surface area contributed by atoms with Crippen molar-refractivity contribution in [2.75, 3.05) is 19.5 Å². The van der Waals surface area contributed by atoms with E-state index in [1.807, 2.05) is 38.1 Å². The second kappa shape index (κ2) is 7.61. The zero-order valence-corrected chi connectivity index (χ0v) is 13.0. The minimum Gasteiger partial charge on any atom is -0.497 e. The van der Waals surface area contributed by atoms with Gasteiger partial charge in [0, 0.05) is 0 Å². The van der Waals surface area contributed by atoms with Crippen molar-refractivity contribution >= 4 is 10.0 Å². The third-order valence-corrected chi connectivity index (χ3v) is 4.02. The first kappa shape index (κ1) is 16.9. The lowest BCUT2D eigenvalue weighted by molar-refractivity contribution is 0.0789. The molecule has 0 fully saturated rings. The molecule has 5 nitrogen and oxygen atoms in total. The van der Waals surface area contributed by atoms with Crippen LogP contribution in [-0.4, -0.2) is 27.9 Å². The number of sulfonamides is 1. The fourth-order valence-electron chi connectivity index (χ4n) is 1.82. The van der Waals surface area contributed by atoms with Gasteiger partial charge in [-0.3, -0.25) is 0 Å². The molecular weight excluding hydrogens is 278 g/mol. The van der Waals surface area contributed by atoms with Crippen molar-refractivity contribution in [3.63, 3.8) is 0 Å². The molecule has 0 spiro atoms. The molecule has 114 valence electrons. The molecule has 0 heterocycles. The van der Waals surface area contributed by atoms with Crippen molar-refractivity contribution in [2.45, 2.75) is 20.5 Å². The topological polar surface area (TPSA) is 78.6 Å². The lowest BCUT2D eigenvalue weighted by atomic mass is 9.99. The van der Waals surface area contributed by atoms with Gasteiger partial charge in [-0.15, -0.1) is 0 Å². The molecule has 6 heteroatoms. The minimum atomic E-state index is -3.47. The predicted octanol–water partition coefficient (Wildman–Crippen LogP) is 1.77. The Bertz CT molecular complexity index is 514. The van der Waals surface area contributed by atoms with Crippen molar-refractivity contribution in [3.8, 4) is 5.75 Å². The number of primary sulfonamides is 1. The molecule has 1 aromatic rings. The molecule has 0 aromatic heterocycles. The minimum absolute atomic E-state index is 0.0528. The van der Waals surface area contributed by atoms with Crippen LogP contribution in [0.4, 0.5) is 0 Å². The molecule has 0 aliphatic heterocycles. The zero-order chi connectivity index (χ0) is 15.2. The molecule has 0 aliphatic rings. The Kier molecular flexibility index (Phi) is 6.45. The van der Waals surface area contributed by atoms with Gasteiger partial charge in [0.05, 0.1) is 26.1 Å². The molecule has 0 bridgehead atoms. The number of hydrogen-bond donors (Lipinski definition) is 1. The van der Waals surface area contributed by atoms with Gasteiger partial charge in [-0.05, 0) is 29.5 Å². The first-order valence-corrected chi connectivity index (χ1v) is 8.24. The van der Waals surface area contributed by atoms with Crippen LogP contribution in [0.5, 0.6) is 5.75 Å². The lowest BCUT2D eigenvalue weighted by Crippen LogP contribution is -2.29. The van der Waals surface area contributed by atoms with E-state index >= 15 is 0 Å². The Morgan fingerprint density at radius 1 is 1.30 bits per heavy atom. The van der Waals surface area contributed by atoms with E-state index in [1.165, 1.54) is 0 Å². The van der Waals surface area contributed by atoms with E-state index in [0.29, 0.717) is 13.2 Å². The maximum atomic E-state index is 11.2. The maximum Gasteiger partial charge on any atom is 0.209 e. The molecule has 1 unspecified atom stereocenters. The fourth-order valence-corrected chi connectivity index (χ4v) is 2.90. The number of benzene rings is 1. The van der Waals surface area contributed by atoms with Crippen LogP contribution >= 0.6 is 0 Å². The summed E-state index contributed by atoms with van der Waals surface area (Å²) < 4.78 is 33.1. The van der Waals surface area contributed by atoms with Gasteiger partial charge in [0.1, 0.15) is 5.75 Å². The van der Waals surface area contributed by atoms with E-state index in [-0.39, 0.29) is 17.6 Å². The average Bonchev–Trinajstić information content (AvgIpc) is 2.36. The molecule has 1 atom stereocenters. The van der Waals surface area contributed by atoms with E-state index in [2.05, 4.69) is 0 Å². The van der Waals surface area contributed by atoms with Crippen LogP contribution in [0.1, 0.15) is 19.4 Å². The standard InChI is InChI=1S/C14H23NO4S/c1-11(2)13(10-20(15,16)17)9-19-8-12-5-4-6-14(7-12)18-3/h4-7,11,13H,8-10H2,1-3H3,(H2,15,16,17). The number of ether oxygens (including phenoxy) is 2. The van der Waals surface area contributed by atoms with Gasteiger partial charge >= 0.3 is 0 Å². The molecule has 20 heavy (non-hydrogen) atoms. The predicted molar refractivity (Wildman–Crippen MR) is 79.0 cm³/mol. The number of methoxy groups -OCH3 is 1. The lowest BCUT2D eigenvalue weighted by Gasteiger charge is -2.19. The SMILES string of the molecule is COc1cccc(COCC(CS(N)(=O)=O)C(C)C)c1. The zero-order valence-electron chi connectivity index (χ0n) is 12.2. The second-order valence-corrected chi connectivity index (χ2v) is 6.86. The summed E-state index contributed by atoms with van der Waals surface area (Å²) in [5, 5.41) is 5.10. The third-order valence-electron chi connectivity index (χ3n) is 3.12. The van der Waals surface area contributed by atoms with Gasteiger partial charge in [0.2, 0.25) is 10.0 Å². The summed E-state index contributed by atoms with van der Waals surface area (Å²) in [7, 11) is -1.86. The van der Waals surface area contributed by atoms with Gasteiger partial charge in [0.15, 0.2) is 0 Å². The highest BCUT2D eigenvalue weighted by atomic mass is 32.2. The quantitative estimate of drug-likeness (QED) is 0.793. The maximum absolute atomic E-state index is 11.2. The van der Waals surface area contributed by atoms with Crippen LogP contribution in [0.25, 0.3) is 0 Å². The molecule has 1 aromatic carbocycles. The van der Waals surface area contributed by atoms with Crippen molar-refractivity contribution < 1.29 is 17.9 Å². The smallest absolute Gasteiger partial charge is 0.209 e. The van der Waals surface area contributed by atoms with Crippen molar-refractivity contribution in [1.29, 1.82) is 0 Å². The average molecular weight is 301 g/mol. The summed E-state index contributed by atoms with van der Waals surface area (Å²) in [6.45, 7) is 4.71. The van der Waals surface area contributed by atoms with Crippen LogP contribution in [0, 0.1) is 11.8 Å². The molecule has 0 saturated heterocycles. The summed E-state index contributed by atoms with van der Waals surface area (Å²) in [5.74, 6) is 0.813. The van der Waals surface area contributed by atoms with E-state index in [4.69, 9.17) is 14.6 Å². The van der Waals surface area contributed by atoms with Crippen LogP contribution in [0.3, 0.4) is 0 Å². The summed E-state index contributed by atoms with van der Waals surface area (Å²) in [5.41, 5.74) is 0.988. The Morgan fingerprint density at radius 2 is 2.00 bits per heavy atom. The van der Waals surface area contributed by atoms with E-state index in [0.717, 1.165) is 11.3 Å². The molecule has 0 aliphatic carbocycles. The molecule has 1 rings (SSSR count). The molecule has 0 amide bonds. The van der Waals surface area contributed by atoms with Crippen LogP contribution in [-0.2, 0) is 21.4 Å². The third kappa shape index (κ3) is 6.36. The van der Waals surface area contributed by atoms with Crippen molar-refractivity contribution in [2.24, 2.45) is 17.0 Å². The van der Waals surface area contributed by atoms with E-state index < -0.39 is 10.0 Å². The largest absolute Gasteiger partial charge is 0.497 e. The Morgan fingerprint density at radius 3 is 2.55 bits per heavy atom. The molecular formula is C14H23NO4S. The Hall–Kier alpha value is -1.11. The Labute approximate surface area is 121 Å². The summed E-state index contributed by atoms with van der Waals surface area (Å²) in [4.78, 5) is 0. The van der Waals surface area contributed by atoms with Gasteiger partial charge < -0.3 is 9.47 Å². The summed E-state index contributed by atoms with van der Waals surface area (Å²) in [6.07, 6.45) is 0. The van der Waals surface area contributed by atoms with Gasteiger partial charge in [-0.2, -0.15) is 0 Å². The molecule has 2 N–H and O–H groups in total. The van der Waals surface area contributed by atoms with Crippen LogP contribution < -0.4 is 9.88 Å². The highest BCUT2D eigenvalue weighted by Crippen LogP contribution is 2.16. The summed E-state index contributed by atoms with van der Waals surface area (Å²) >= 11 is 0. The number of nitrogens with two attached hydrogens (primary N) is 1. The molecule has 0 saturated carbocycles. The van der Waals surface area contributed by atoms with Crippen LogP contribution in [0.2, 0.25) is 0 Å². The Balaban J connectivity index is 2.51. The summed E-state index contributed by atoms with van der Waals surface area (Å²) in [6, 6.07) is 7.58. The fraction of sp³-hybridized carbons (Fsp3) is 0.571. The van der Waals surface area contributed by atoms with Gasteiger partial charge in [0.25, 0.3) is 0 Å². The first-order chi connectivity index (χ1) is 9.31.